The minimum absolute atomic E-state index is 0.0489. The Balaban J connectivity index is 2.42. The molecule has 0 amide bonds. The summed E-state index contributed by atoms with van der Waals surface area (Å²) in [5.74, 6) is -0.752. The summed E-state index contributed by atoms with van der Waals surface area (Å²) in [6.45, 7) is 0. The Hall–Kier alpha value is -1.97. The lowest BCUT2D eigenvalue weighted by Gasteiger charge is -2.11. The van der Waals surface area contributed by atoms with Gasteiger partial charge in [0.25, 0.3) is 5.88 Å². The third-order valence-electron chi connectivity index (χ3n) is 2.47. The van der Waals surface area contributed by atoms with Crippen molar-refractivity contribution in [3.05, 3.63) is 39.3 Å². The molecule has 0 aliphatic rings. The van der Waals surface area contributed by atoms with Gasteiger partial charge in [-0.2, -0.15) is 0 Å². The number of hydrogen-bond acceptors (Lipinski definition) is 6. The quantitative estimate of drug-likeness (QED) is 0.577. The lowest BCUT2D eigenvalue weighted by molar-refractivity contribution is 0.0596. The van der Waals surface area contributed by atoms with Crippen LogP contribution in [0, 0.1) is 9.52 Å². The van der Waals surface area contributed by atoms with Crippen molar-refractivity contribution in [1.29, 1.82) is 0 Å². The summed E-state index contributed by atoms with van der Waals surface area (Å²) in [4.78, 5) is 11.7. The number of benzene rings is 1. The van der Waals surface area contributed by atoms with Crippen LogP contribution in [0.4, 0.5) is 4.39 Å². The van der Waals surface area contributed by atoms with Crippen LogP contribution < -0.4 is 9.47 Å². The van der Waals surface area contributed by atoms with Gasteiger partial charge in [-0.05, 0) is 40.8 Å². The maximum atomic E-state index is 13.1. The van der Waals surface area contributed by atoms with E-state index in [9.17, 15) is 9.18 Å². The molecule has 0 saturated carbocycles. The van der Waals surface area contributed by atoms with Gasteiger partial charge in [0.2, 0.25) is 0 Å². The van der Waals surface area contributed by atoms with Crippen molar-refractivity contribution in [3.63, 3.8) is 0 Å². The predicted octanol–water partition coefficient (Wildman–Crippen LogP) is 2.81. The molecule has 0 bridgehead atoms. The lowest BCUT2D eigenvalue weighted by atomic mass is 10.3. The van der Waals surface area contributed by atoms with Gasteiger partial charge in [0, 0.05) is 6.07 Å². The van der Waals surface area contributed by atoms with Crippen LogP contribution in [-0.2, 0) is 4.74 Å². The molecule has 0 radical (unpaired) electrons. The Morgan fingerprint density at radius 2 is 1.95 bits per heavy atom. The Kier molecular flexibility index (Phi) is 4.89. The number of ether oxygens (including phenoxy) is 3. The molecule has 21 heavy (non-hydrogen) atoms. The van der Waals surface area contributed by atoms with Crippen LogP contribution in [0.1, 0.15) is 10.4 Å². The standard InChI is InChI=1S/C13H10FIN2O4/c1-19-10-5-7(14)3-4-9(10)21-12-8(13(18)20-2)6-11(15)16-17-12/h3-6H,1-2H3. The summed E-state index contributed by atoms with van der Waals surface area (Å²) in [5, 5.41) is 7.63. The van der Waals surface area contributed by atoms with Crippen molar-refractivity contribution in [1.82, 2.24) is 10.2 Å². The van der Waals surface area contributed by atoms with Gasteiger partial charge in [-0.1, -0.05) is 0 Å². The fourth-order valence-corrected chi connectivity index (χ4v) is 1.94. The van der Waals surface area contributed by atoms with Gasteiger partial charge in [0.1, 0.15) is 15.1 Å². The SMILES string of the molecule is COC(=O)c1cc(I)nnc1Oc1ccc(F)cc1OC. The zero-order valence-electron chi connectivity index (χ0n) is 11.1. The zero-order valence-corrected chi connectivity index (χ0v) is 13.3. The van der Waals surface area contributed by atoms with E-state index in [-0.39, 0.29) is 22.9 Å². The van der Waals surface area contributed by atoms with Gasteiger partial charge >= 0.3 is 5.97 Å². The predicted molar refractivity (Wildman–Crippen MR) is 79.1 cm³/mol. The number of aromatic nitrogens is 2. The molecule has 0 aliphatic heterocycles. The largest absolute Gasteiger partial charge is 0.493 e. The van der Waals surface area contributed by atoms with Crippen LogP contribution in [0.3, 0.4) is 0 Å². The summed E-state index contributed by atoms with van der Waals surface area (Å²) in [6, 6.07) is 5.21. The molecule has 0 fully saturated rings. The second-order valence-corrected chi connectivity index (χ2v) is 4.88. The number of esters is 1. The fourth-order valence-electron chi connectivity index (χ4n) is 1.52. The molecule has 1 aromatic carbocycles. The van der Waals surface area contributed by atoms with Crippen molar-refractivity contribution >= 4 is 28.6 Å². The van der Waals surface area contributed by atoms with Gasteiger partial charge in [-0.25, -0.2) is 9.18 Å². The minimum Gasteiger partial charge on any atom is -0.493 e. The van der Waals surface area contributed by atoms with Crippen LogP contribution in [0.25, 0.3) is 0 Å². The average molecular weight is 404 g/mol. The van der Waals surface area contributed by atoms with Crippen LogP contribution in [0.15, 0.2) is 24.3 Å². The highest BCUT2D eigenvalue weighted by atomic mass is 127. The second-order valence-electron chi connectivity index (χ2n) is 3.77. The van der Waals surface area contributed by atoms with E-state index in [0.717, 1.165) is 6.07 Å². The second kappa shape index (κ2) is 6.66. The molecule has 110 valence electrons. The average Bonchev–Trinajstić information content (AvgIpc) is 2.49. The van der Waals surface area contributed by atoms with Crippen LogP contribution in [-0.4, -0.2) is 30.4 Å². The smallest absolute Gasteiger partial charge is 0.343 e. The molecule has 0 atom stereocenters. The molecule has 8 heteroatoms. The molecular formula is C13H10FIN2O4. The van der Waals surface area contributed by atoms with E-state index in [1.165, 1.54) is 32.4 Å². The van der Waals surface area contributed by atoms with Crippen LogP contribution in [0.5, 0.6) is 17.4 Å². The van der Waals surface area contributed by atoms with E-state index < -0.39 is 11.8 Å². The summed E-state index contributed by atoms with van der Waals surface area (Å²) < 4.78 is 28.8. The Morgan fingerprint density at radius 3 is 2.62 bits per heavy atom. The Bertz CT molecular complexity index is 681. The van der Waals surface area contributed by atoms with Crippen LogP contribution >= 0.6 is 22.6 Å². The third-order valence-corrected chi connectivity index (χ3v) is 2.99. The monoisotopic (exact) mass is 404 g/mol. The van der Waals surface area contributed by atoms with Gasteiger partial charge in [0.15, 0.2) is 11.5 Å². The Morgan fingerprint density at radius 1 is 1.19 bits per heavy atom. The number of nitrogens with zero attached hydrogens (tertiary/aromatic N) is 2. The first-order valence-corrected chi connectivity index (χ1v) is 6.76. The lowest BCUT2D eigenvalue weighted by Crippen LogP contribution is -2.07. The number of rotatable bonds is 4. The van der Waals surface area contributed by atoms with Crippen LogP contribution in [0.2, 0.25) is 0 Å². The molecule has 0 saturated heterocycles. The van der Waals surface area contributed by atoms with E-state index >= 15 is 0 Å². The highest BCUT2D eigenvalue weighted by Gasteiger charge is 2.18. The van der Waals surface area contributed by atoms with Gasteiger partial charge in [-0.15, -0.1) is 10.2 Å². The first-order valence-electron chi connectivity index (χ1n) is 5.68. The minimum atomic E-state index is -0.612. The number of hydrogen-bond donors (Lipinski definition) is 0. The molecule has 0 aliphatic carbocycles. The maximum Gasteiger partial charge on any atom is 0.343 e. The first-order chi connectivity index (χ1) is 10.0. The van der Waals surface area contributed by atoms with E-state index in [4.69, 9.17) is 9.47 Å². The fraction of sp³-hybridized carbons (Fsp3) is 0.154. The number of methoxy groups -OCH3 is 2. The summed E-state index contributed by atoms with van der Waals surface area (Å²) >= 11 is 1.91. The van der Waals surface area contributed by atoms with Crippen molar-refractivity contribution in [2.24, 2.45) is 0 Å². The molecule has 0 unspecified atom stereocenters. The number of halogens is 2. The molecule has 2 aromatic rings. The normalized spacial score (nSPS) is 10.1. The molecule has 6 nitrogen and oxygen atoms in total. The van der Waals surface area contributed by atoms with Crippen molar-refractivity contribution < 1.29 is 23.4 Å². The van der Waals surface area contributed by atoms with Crippen molar-refractivity contribution in [2.75, 3.05) is 14.2 Å². The highest BCUT2D eigenvalue weighted by Crippen LogP contribution is 2.32. The van der Waals surface area contributed by atoms with E-state index in [1.54, 1.807) is 0 Å². The summed E-state index contributed by atoms with van der Waals surface area (Å²) in [6.07, 6.45) is 0. The number of carbonyl (C=O) groups excluding carboxylic acids is 1. The summed E-state index contributed by atoms with van der Waals surface area (Å²) in [5.41, 5.74) is 0.114. The summed E-state index contributed by atoms with van der Waals surface area (Å²) in [7, 11) is 2.63. The molecule has 1 aromatic heterocycles. The zero-order chi connectivity index (χ0) is 15.4. The third kappa shape index (κ3) is 3.57. The van der Waals surface area contributed by atoms with Crippen molar-refractivity contribution in [3.8, 4) is 17.4 Å². The topological polar surface area (TPSA) is 70.5 Å². The molecule has 1 heterocycles. The highest BCUT2D eigenvalue weighted by molar-refractivity contribution is 14.1. The van der Waals surface area contributed by atoms with Gasteiger partial charge in [0.05, 0.1) is 14.2 Å². The van der Waals surface area contributed by atoms with Gasteiger partial charge < -0.3 is 14.2 Å². The number of carbonyl (C=O) groups is 1. The molecule has 0 spiro atoms. The maximum absolute atomic E-state index is 13.1. The Labute approximate surface area is 133 Å². The molecule has 2 rings (SSSR count). The van der Waals surface area contributed by atoms with Crippen molar-refractivity contribution in [2.45, 2.75) is 0 Å². The first kappa shape index (κ1) is 15.4. The van der Waals surface area contributed by atoms with E-state index in [0.29, 0.717) is 3.70 Å². The molecule has 0 N–H and O–H groups in total. The van der Waals surface area contributed by atoms with E-state index in [2.05, 4.69) is 14.9 Å². The van der Waals surface area contributed by atoms with Gasteiger partial charge in [-0.3, -0.25) is 0 Å². The van der Waals surface area contributed by atoms with E-state index in [1.807, 2.05) is 22.6 Å². The molecular weight excluding hydrogens is 394 g/mol.